The minimum absolute atomic E-state index is 0.120. The number of urea groups is 1. The lowest BCUT2D eigenvalue weighted by atomic mass is 10.1. The van der Waals surface area contributed by atoms with Crippen molar-refractivity contribution in [1.82, 2.24) is 5.32 Å². The third-order valence-corrected chi connectivity index (χ3v) is 3.17. The highest BCUT2D eigenvalue weighted by Crippen LogP contribution is 2.24. The lowest BCUT2D eigenvalue weighted by molar-refractivity contribution is -0.137. The van der Waals surface area contributed by atoms with Crippen LogP contribution in [0, 0.1) is 0 Å². The Bertz CT molecular complexity index is 480. The fraction of sp³-hybridized carbons (Fsp3) is 0.333. The predicted molar refractivity (Wildman–Crippen MR) is 74.9 cm³/mol. The summed E-state index contributed by atoms with van der Waals surface area (Å²) in [7, 11) is 0. The average molecular weight is 305 g/mol. The van der Waals surface area contributed by atoms with Crippen molar-refractivity contribution in [3.05, 3.63) is 28.2 Å². The lowest BCUT2D eigenvalue weighted by Crippen LogP contribution is -2.38. The van der Waals surface area contributed by atoms with Crippen LogP contribution in [-0.4, -0.2) is 23.1 Å². The molecule has 19 heavy (non-hydrogen) atoms. The van der Waals surface area contributed by atoms with Gasteiger partial charge in [-0.1, -0.05) is 30.1 Å². The molecule has 1 rings (SSSR count). The maximum absolute atomic E-state index is 11.7. The van der Waals surface area contributed by atoms with Crippen molar-refractivity contribution >= 4 is 40.9 Å². The van der Waals surface area contributed by atoms with Gasteiger partial charge in [0.1, 0.15) is 0 Å². The monoisotopic (exact) mass is 304 g/mol. The molecule has 5 nitrogen and oxygen atoms in total. The number of benzene rings is 1. The molecule has 3 N–H and O–H groups in total. The first kappa shape index (κ1) is 15.6. The van der Waals surface area contributed by atoms with Gasteiger partial charge >= 0.3 is 12.0 Å². The second-order valence-electron chi connectivity index (χ2n) is 3.93. The fourth-order valence-corrected chi connectivity index (χ4v) is 1.73. The van der Waals surface area contributed by atoms with Gasteiger partial charge in [0.25, 0.3) is 0 Å². The van der Waals surface area contributed by atoms with E-state index in [1.54, 1.807) is 19.1 Å². The molecule has 0 aromatic heterocycles. The van der Waals surface area contributed by atoms with E-state index < -0.39 is 18.0 Å². The van der Waals surface area contributed by atoms with Gasteiger partial charge in [-0.15, -0.1) is 0 Å². The van der Waals surface area contributed by atoms with Gasteiger partial charge in [0.15, 0.2) is 0 Å². The molecule has 0 spiro atoms. The molecule has 0 aliphatic heterocycles. The quantitative estimate of drug-likeness (QED) is 0.780. The predicted octanol–water partition coefficient (Wildman–Crippen LogP) is 3.37. The van der Waals surface area contributed by atoms with E-state index >= 15 is 0 Å². The molecule has 0 saturated heterocycles. The van der Waals surface area contributed by atoms with E-state index in [0.717, 1.165) is 0 Å². The molecule has 1 aromatic rings. The Hall–Kier alpha value is -1.46. The molecule has 1 aromatic carbocycles. The number of carbonyl (C=O) groups is 2. The van der Waals surface area contributed by atoms with Gasteiger partial charge in [-0.2, -0.15) is 0 Å². The van der Waals surface area contributed by atoms with Crippen LogP contribution in [0.3, 0.4) is 0 Å². The number of aliphatic carboxylic acids is 1. The van der Waals surface area contributed by atoms with Crippen LogP contribution in [0.15, 0.2) is 18.2 Å². The molecule has 2 amide bonds. The highest BCUT2D eigenvalue weighted by Gasteiger charge is 2.14. The number of carboxylic acid groups (broad SMARTS) is 1. The van der Waals surface area contributed by atoms with Crippen molar-refractivity contribution in [3.8, 4) is 0 Å². The Morgan fingerprint density at radius 3 is 2.53 bits per heavy atom. The molecule has 1 unspecified atom stereocenters. The summed E-state index contributed by atoms with van der Waals surface area (Å²) in [6.07, 6.45) is 0.409. The van der Waals surface area contributed by atoms with Crippen LogP contribution < -0.4 is 10.6 Å². The molecule has 0 saturated carbocycles. The minimum Gasteiger partial charge on any atom is -0.481 e. The van der Waals surface area contributed by atoms with Crippen LogP contribution in [0.4, 0.5) is 10.5 Å². The SMILES string of the molecule is CCC(CC(=O)O)NC(=O)Nc1ccc(Cl)c(Cl)c1. The minimum atomic E-state index is -0.957. The second kappa shape index (κ2) is 7.21. The number of hydrogen-bond acceptors (Lipinski definition) is 2. The summed E-state index contributed by atoms with van der Waals surface area (Å²) >= 11 is 11.6. The largest absolute Gasteiger partial charge is 0.481 e. The van der Waals surface area contributed by atoms with E-state index in [9.17, 15) is 9.59 Å². The van der Waals surface area contributed by atoms with Crippen LogP contribution in [0.5, 0.6) is 0 Å². The Morgan fingerprint density at radius 1 is 1.32 bits per heavy atom. The van der Waals surface area contributed by atoms with Crippen molar-refractivity contribution in [2.45, 2.75) is 25.8 Å². The summed E-state index contributed by atoms with van der Waals surface area (Å²) in [6, 6.07) is 3.79. The van der Waals surface area contributed by atoms with Gasteiger partial charge in [-0.3, -0.25) is 4.79 Å². The fourth-order valence-electron chi connectivity index (χ4n) is 1.43. The molecule has 0 aliphatic rings. The molecule has 1 atom stereocenters. The Kier molecular flexibility index (Phi) is 5.92. The zero-order chi connectivity index (χ0) is 14.4. The maximum atomic E-state index is 11.7. The van der Waals surface area contributed by atoms with Crippen molar-refractivity contribution in [1.29, 1.82) is 0 Å². The average Bonchev–Trinajstić information content (AvgIpc) is 2.32. The van der Waals surface area contributed by atoms with Crippen LogP contribution >= 0.6 is 23.2 Å². The Balaban J connectivity index is 2.58. The number of carbonyl (C=O) groups excluding carboxylic acids is 1. The molecule has 0 fully saturated rings. The van der Waals surface area contributed by atoms with Crippen LogP contribution in [0.2, 0.25) is 10.0 Å². The third kappa shape index (κ3) is 5.36. The lowest BCUT2D eigenvalue weighted by Gasteiger charge is -2.15. The normalized spacial score (nSPS) is 11.7. The van der Waals surface area contributed by atoms with Gasteiger partial charge in [0.2, 0.25) is 0 Å². The van der Waals surface area contributed by atoms with E-state index in [4.69, 9.17) is 28.3 Å². The number of anilines is 1. The first-order valence-corrected chi connectivity index (χ1v) is 6.42. The number of rotatable bonds is 5. The highest BCUT2D eigenvalue weighted by molar-refractivity contribution is 6.42. The molecule has 7 heteroatoms. The summed E-state index contributed by atoms with van der Waals surface area (Å²) in [5, 5.41) is 14.5. The van der Waals surface area contributed by atoms with E-state index in [-0.39, 0.29) is 6.42 Å². The Labute approximate surface area is 120 Å². The van der Waals surface area contributed by atoms with Crippen molar-refractivity contribution in [3.63, 3.8) is 0 Å². The molecule has 0 radical (unpaired) electrons. The summed E-state index contributed by atoms with van der Waals surface area (Å²) < 4.78 is 0. The Morgan fingerprint density at radius 2 is 2.00 bits per heavy atom. The first-order chi connectivity index (χ1) is 8.92. The standard InChI is InChI=1S/C12H14Cl2N2O3/c1-2-7(6-11(17)18)15-12(19)16-8-3-4-9(13)10(14)5-8/h3-5,7H,2,6H2,1H3,(H,17,18)(H2,15,16,19). The summed E-state index contributed by atoms with van der Waals surface area (Å²) in [5.41, 5.74) is 0.483. The van der Waals surface area contributed by atoms with Gasteiger partial charge in [-0.05, 0) is 24.6 Å². The smallest absolute Gasteiger partial charge is 0.319 e. The van der Waals surface area contributed by atoms with E-state index in [1.807, 2.05) is 0 Å². The summed E-state index contributed by atoms with van der Waals surface area (Å²) in [4.78, 5) is 22.3. The number of hydrogen-bond donors (Lipinski definition) is 3. The van der Waals surface area contributed by atoms with Crippen LogP contribution in [0.25, 0.3) is 0 Å². The van der Waals surface area contributed by atoms with Crippen LogP contribution in [-0.2, 0) is 4.79 Å². The van der Waals surface area contributed by atoms with E-state index in [0.29, 0.717) is 22.2 Å². The van der Waals surface area contributed by atoms with E-state index in [1.165, 1.54) is 6.07 Å². The molecule has 0 bridgehead atoms. The number of nitrogens with one attached hydrogen (secondary N) is 2. The molecule has 0 heterocycles. The van der Waals surface area contributed by atoms with Gasteiger partial charge in [-0.25, -0.2) is 4.79 Å². The summed E-state index contributed by atoms with van der Waals surface area (Å²) in [6.45, 7) is 1.80. The molecule has 0 aliphatic carbocycles. The number of halogens is 2. The zero-order valence-electron chi connectivity index (χ0n) is 10.2. The second-order valence-corrected chi connectivity index (χ2v) is 4.74. The molecular formula is C12H14Cl2N2O3. The van der Waals surface area contributed by atoms with Gasteiger partial charge < -0.3 is 15.7 Å². The summed E-state index contributed by atoms with van der Waals surface area (Å²) in [5.74, 6) is -0.957. The van der Waals surface area contributed by atoms with E-state index in [2.05, 4.69) is 10.6 Å². The molecular weight excluding hydrogens is 291 g/mol. The molecule has 104 valence electrons. The topological polar surface area (TPSA) is 78.4 Å². The number of carboxylic acids is 1. The zero-order valence-corrected chi connectivity index (χ0v) is 11.8. The first-order valence-electron chi connectivity index (χ1n) is 5.66. The van der Waals surface area contributed by atoms with Gasteiger partial charge in [0, 0.05) is 11.7 Å². The maximum Gasteiger partial charge on any atom is 0.319 e. The highest BCUT2D eigenvalue weighted by atomic mass is 35.5. The van der Waals surface area contributed by atoms with Crippen molar-refractivity contribution < 1.29 is 14.7 Å². The third-order valence-electron chi connectivity index (χ3n) is 2.43. The van der Waals surface area contributed by atoms with Crippen molar-refractivity contribution in [2.75, 3.05) is 5.32 Å². The van der Waals surface area contributed by atoms with Crippen molar-refractivity contribution in [2.24, 2.45) is 0 Å². The van der Waals surface area contributed by atoms with Crippen LogP contribution in [0.1, 0.15) is 19.8 Å². The van der Waals surface area contributed by atoms with Gasteiger partial charge in [0.05, 0.1) is 16.5 Å². The number of amides is 2.